The van der Waals surface area contributed by atoms with Gasteiger partial charge in [0.05, 0.1) is 19.8 Å². The standard InChI is InChI=1S/C24H32N4O4/c1-16-26-23(17-5-8-20(32-4)9-6-17)27-28(16)12-11-24(2,3)25-14-22(31)18-7-10-21(30)19(13-18)15-29/h5-10,13,22,25,29-31H,11-12,14-15H2,1-4H3. The smallest absolute Gasteiger partial charge is 0.181 e. The van der Waals surface area contributed by atoms with Gasteiger partial charge in [0.2, 0.25) is 0 Å². The van der Waals surface area contributed by atoms with Gasteiger partial charge in [-0.3, -0.25) is 0 Å². The van der Waals surface area contributed by atoms with Crippen molar-refractivity contribution in [1.29, 1.82) is 0 Å². The molecular formula is C24H32N4O4. The van der Waals surface area contributed by atoms with Crippen LogP contribution in [0.15, 0.2) is 42.5 Å². The number of rotatable bonds is 10. The van der Waals surface area contributed by atoms with E-state index in [0.717, 1.165) is 23.6 Å². The molecule has 1 atom stereocenters. The first-order valence-corrected chi connectivity index (χ1v) is 10.6. The Hall–Kier alpha value is -2.94. The van der Waals surface area contributed by atoms with Gasteiger partial charge in [-0.15, -0.1) is 0 Å². The Morgan fingerprint density at radius 1 is 1.16 bits per heavy atom. The van der Waals surface area contributed by atoms with Crippen molar-refractivity contribution in [3.8, 4) is 22.9 Å². The van der Waals surface area contributed by atoms with E-state index in [0.29, 0.717) is 30.0 Å². The van der Waals surface area contributed by atoms with Gasteiger partial charge in [0.25, 0.3) is 0 Å². The highest BCUT2D eigenvalue weighted by Crippen LogP contribution is 2.23. The molecule has 8 nitrogen and oxygen atoms in total. The number of nitrogens with zero attached hydrogens (tertiary/aromatic N) is 3. The molecule has 0 radical (unpaired) electrons. The van der Waals surface area contributed by atoms with Gasteiger partial charge in [-0.05, 0) is 69.2 Å². The molecule has 0 saturated heterocycles. The fourth-order valence-corrected chi connectivity index (χ4v) is 3.40. The van der Waals surface area contributed by atoms with Crippen LogP contribution in [0.3, 0.4) is 0 Å². The summed E-state index contributed by atoms with van der Waals surface area (Å²) in [5.41, 5.74) is 1.72. The van der Waals surface area contributed by atoms with Crippen LogP contribution in [0.4, 0.5) is 0 Å². The number of hydrogen-bond donors (Lipinski definition) is 4. The van der Waals surface area contributed by atoms with E-state index < -0.39 is 6.10 Å². The van der Waals surface area contributed by atoms with Gasteiger partial charge in [0.1, 0.15) is 17.3 Å². The van der Waals surface area contributed by atoms with Crippen molar-refractivity contribution < 1.29 is 20.1 Å². The average molecular weight is 441 g/mol. The Balaban J connectivity index is 1.58. The first-order valence-electron chi connectivity index (χ1n) is 10.6. The van der Waals surface area contributed by atoms with E-state index in [2.05, 4.69) is 29.2 Å². The van der Waals surface area contributed by atoms with Crippen LogP contribution < -0.4 is 10.1 Å². The zero-order chi connectivity index (χ0) is 23.3. The van der Waals surface area contributed by atoms with E-state index in [1.807, 2.05) is 35.9 Å². The van der Waals surface area contributed by atoms with Crippen LogP contribution in [-0.2, 0) is 13.2 Å². The van der Waals surface area contributed by atoms with Crippen molar-refractivity contribution >= 4 is 0 Å². The van der Waals surface area contributed by atoms with E-state index in [4.69, 9.17) is 4.74 Å². The number of benzene rings is 2. The van der Waals surface area contributed by atoms with Crippen LogP contribution in [0.2, 0.25) is 0 Å². The Labute approximate surface area is 188 Å². The van der Waals surface area contributed by atoms with Gasteiger partial charge < -0.3 is 25.4 Å². The minimum absolute atomic E-state index is 0.0222. The summed E-state index contributed by atoms with van der Waals surface area (Å²) < 4.78 is 7.10. The topological polar surface area (TPSA) is 113 Å². The normalized spacial score (nSPS) is 12.7. The van der Waals surface area contributed by atoms with Gasteiger partial charge in [-0.25, -0.2) is 9.67 Å². The highest BCUT2D eigenvalue weighted by atomic mass is 16.5. The van der Waals surface area contributed by atoms with Crippen molar-refractivity contribution in [1.82, 2.24) is 20.1 Å². The summed E-state index contributed by atoms with van der Waals surface area (Å²) in [6, 6.07) is 12.4. The second kappa shape index (κ2) is 10.1. The molecule has 8 heteroatoms. The first-order chi connectivity index (χ1) is 15.2. The number of hydrogen-bond acceptors (Lipinski definition) is 7. The van der Waals surface area contributed by atoms with Crippen LogP contribution in [0.25, 0.3) is 11.4 Å². The number of β-amino-alcohol motifs (C(OH)–C–C–N with tert-alkyl or cyclic N) is 1. The summed E-state index contributed by atoms with van der Waals surface area (Å²) in [4.78, 5) is 4.58. The zero-order valence-corrected chi connectivity index (χ0v) is 19.0. The SMILES string of the molecule is COc1ccc(-c2nc(C)n(CCC(C)(C)NCC(O)c3ccc(O)c(CO)c3)n2)cc1. The molecule has 3 rings (SSSR count). The molecule has 1 unspecified atom stereocenters. The number of aromatic nitrogens is 3. The first kappa shape index (κ1) is 23.7. The molecular weight excluding hydrogens is 408 g/mol. The molecule has 0 aliphatic rings. The van der Waals surface area contributed by atoms with Gasteiger partial charge in [0, 0.05) is 29.8 Å². The Bertz CT molecular complexity index is 1030. The third kappa shape index (κ3) is 5.85. The highest BCUT2D eigenvalue weighted by molar-refractivity contribution is 5.55. The molecule has 4 N–H and O–H groups in total. The van der Waals surface area contributed by atoms with Crippen LogP contribution in [0.1, 0.15) is 43.3 Å². The number of ether oxygens (including phenoxy) is 1. The summed E-state index contributed by atoms with van der Waals surface area (Å²) in [7, 11) is 1.64. The predicted octanol–water partition coefficient (Wildman–Crippen LogP) is 2.95. The van der Waals surface area contributed by atoms with Crippen molar-refractivity contribution in [3.63, 3.8) is 0 Å². The quantitative estimate of drug-likeness (QED) is 0.383. The molecule has 0 amide bonds. The van der Waals surface area contributed by atoms with E-state index >= 15 is 0 Å². The number of nitrogens with one attached hydrogen (secondary N) is 1. The third-order valence-electron chi connectivity index (χ3n) is 5.59. The molecule has 3 aromatic rings. The minimum atomic E-state index is -0.755. The molecule has 0 bridgehead atoms. The van der Waals surface area contributed by atoms with Crippen LogP contribution in [0.5, 0.6) is 11.5 Å². The van der Waals surface area contributed by atoms with E-state index in [-0.39, 0.29) is 17.9 Å². The monoisotopic (exact) mass is 440 g/mol. The molecule has 1 aromatic heterocycles. The van der Waals surface area contributed by atoms with Crippen molar-refractivity contribution in [2.45, 2.75) is 52.0 Å². The largest absolute Gasteiger partial charge is 0.508 e. The average Bonchev–Trinajstić information content (AvgIpc) is 3.17. The molecule has 2 aromatic carbocycles. The second-order valence-electron chi connectivity index (χ2n) is 8.51. The van der Waals surface area contributed by atoms with Crippen LogP contribution in [-0.4, -0.2) is 49.3 Å². The molecule has 0 aliphatic heterocycles. The number of aryl methyl sites for hydroxylation is 2. The molecule has 0 saturated carbocycles. The number of aliphatic hydroxyl groups excluding tert-OH is 2. The molecule has 172 valence electrons. The zero-order valence-electron chi connectivity index (χ0n) is 19.0. The van der Waals surface area contributed by atoms with Crippen molar-refractivity contribution in [2.75, 3.05) is 13.7 Å². The number of aliphatic hydroxyl groups is 2. The lowest BCUT2D eigenvalue weighted by atomic mass is 9.99. The summed E-state index contributed by atoms with van der Waals surface area (Å²) in [6.07, 6.45) is 0.0265. The van der Waals surface area contributed by atoms with Gasteiger partial charge in [-0.2, -0.15) is 5.10 Å². The molecule has 0 aliphatic carbocycles. The van der Waals surface area contributed by atoms with E-state index in [1.165, 1.54) is 6.07 Å². The fraction of sp³-hybridized carbons (Fsp3) is 0.417. The minimum Gasteiger partial charge on any atom is -0.508 e. The summed E-state index contributed by atoms with van der Waals surface area (Å²) in [5, 5.41) is 37.6. The summed E-state index contributed by atoms with van der Waals surface area (Å²) in [6.45, 7) is 6.84. The fourth-order valence-electron chi connectivity index (χ4n) is 3.40. The molecule has 0 fully saturated rings. The predicted molar refractivity (Wildman–Crippen MR) is 122 cm³/mol. The number of aromatic hydroxyl groups is 1. The maximum absolute atomic E-state index is 10.5. The van der Waals surface area contributed by atoms with Crippen LogP contribution >= 0.6 is 0 Å². The summed E-state index contributed by atoms with van der Waals surface area (Å²) >= 11 is 0. The number of phenols is 1. The summed E-state index contributed by atoms with van der Waals surface area (Å²) in [5.74, 6) is 2.33. The van der Waals surface area contributed by atoms with Crippen molar-refractivity contribution in [3.05, 3.63) is 59.4 Å². The third-order valence-corrected chi connectivity index (χ3v) is 5.59. The van der Waals surface area contributed by atoms with Gasteiger partial charge in [0.15, 0.2) is 5.82 Å². The van der Waals surface area contributed by atoms with Gasteiger partial charge in [-0.1, -0.05) is 6.07 Å². The lowest BCUT2D eigenvalue weighted by molar-refractivity contribution is 0.157. The lowest BCUT2D eigenvalue weighted by Gasteiger charge is -2.28. The number of methoxy groups -OCH3 is 1. The molecule has 0 spiro atoms. The maximum atomic E-state index is 10.5. The maximum Gasteiger partial charge on any atom is 0.181 e. The lowest BCUT2D eigenvalue weighted by Crippen LogP contribution is -2.42. The van der Waals surface area contributed by atoms with E-state index in [9.17, 15) is 15.3 Å². The second-order valence-corrected chi connectivity index (χ2v) is 8.51. The molecule has 32 heavy (non-hydrogen) atoms. The van der Waals surface area contributed by atoms with Gasteiger partial charge >= 0.3 is 0 Å². The van der Waals surface area contributed by atoms with Crippen molar-refractivity contribution in [2.24, 2.45) is 0 Å². The van der Waals surface area contributed by atoms with Crippen LogP contribution in [0, 0.1) is 6.92 Å². The Morgan fingerprint density at radius 3 is 2.53 bits per heavy atom. The Morgan fingerprint density at radius 2 is 1.88 bits per heavy atom. The molecule has 1 heterocycles. The highest BCUT2D eigenvalue weighted by Gasteiger charge is 2.21. The Kier molecular flexibility index (Phi) is 7.50. The van der Waals surface area contributed by atoms with E-state index in [1.54, 1.807) is 19.2 Å².